The molecule has 1 aromatic carbocycles. The highest BCUT2D eigenvalue weighted by atomic mass is 19.1. The smallest absolute Gasteiger partial charge is 0.374 e. The number of esters is 1. The van der Waals surface area contributed by atoms with Crippen LogP contribution in [0.1, 0.15) is 107 Å². The van der Waals surface area contributed by atoms with Crippen LogP contribution in [-0.4, -0.2) is 61.6 Å². The number of benzene rings is 1. The molecule has 7 nitrogen and oxygen atoms in total. The Balaban J connectivity index is 1.25. The number of amides is 1. The highest BCUT2D eigenvalue weighted by Gasteiger charge is 2.46. The van der Waals surface area contributed by atoms with E-state index in [1.54, 1.807) is 6.07 Å². The number of hydrogen-bond donors (Lipinski definition) is 0. The second-order valence-electron chi connectivity index (χ2n) is 13.7. The second kappa shape index (κ2) is 16.2. The number of unbranched alkanes of at least 4 members (excludes halogenated alkanes) is 1. The minimum absolute atomic E-state index is 0.0444. The van der Waals surface area contributed by atoms with E-state index < -0.39 is 12.0 Å². The third kappa shape index (κ3) is 8.35. The molecule has 0 bridgehead atoms. The van der Waals surface area contributed by atoms with E-state index in [0.717, 1.165) is 68.7 Å². The Morgan fingerprint density at radius 3 is 2.47 bits per heavy atom. The number of carbonyl (C=O) groups is 3. The summed E-state index contributed by atoms with van der Waals surface area (Å²) in [6, 6.07) is 6.90. The molecule has 2 saturated carbocycles. The van der Waals surface area contributed by atoms with E-state index in [2.05, 4.69) is 0 Å². The van der Waals surface area contributed by atoms with Crippen molar-refractivity contribution in [3.05, 3.63) is 35.6 Å². The number of fused-ring (bicyclic) bond motifs is 1. The summed E-state index contributed by atoms with van der Waals surface area (Å²) in [5.74, 6) is 0.892. The maximum absolute atomic E-state index is 14.2. The molecule has 0 radical (unpaired) electrons. The highest BCUT2D eigenvalue weighted by Crippen LogP contribution is 2.42. The molecule has 1 aromatic heterocycles. The number of Topliss-reactive ketones (excluding diaryl/α,β-unsaturated/α-hetero) is 1. The fourth-order valence-electron chi connectivity index (χ4n) is 8.12. The van der Waals surface area contributed by atoms with Crippen LogP contribution in [0.5, 0.6) is 0 Å². The number of halogens is 1. The molecular weight excluding hydrogens is 573 g/mol. The van der Waals surface area contributed by atoms with Crippen LogP contribution in [0, 0.1) is 29.6 Å². The second-order valence-corrected chi connectivity index (χ2v) is 13.7. The quantitative estimate of drug-likeness (QED) is 0.158. The molecular formula is C37H52FNO6. The van der Waals surface area contributed by atoms with Gasteiger partial charge in [0.1, 0.15) is 5.58 Å². The van der Waals surface area contributed by atoms with Crippen LogP contribution in [0.2, 0.25) is 0 Å². The molecule has 3 fully saturated rings. The number of ketones is 1. The van der Waals surface area contributed by atoms with Crippen molar-refractivity contribution in [3.8, 4) is 0 Å². The summed E-state index contributed by atoms with van der Waals surface area (Å²) in [5, 5.41) is 0.756. The minimum Gasteiger partial charge on any atom is -0.460 e. The molecule has 1 aliphatic heterocycles. The Kier molecular flexibility index (Phi) is 12.1. The fourth-order valence-corrected chi connectivity index (χ4v) is 8.12. The third-order valence-electron chi connectivity index (χ3n) is 10.8. The van der Waals surface area contributed by atoms with Crippen LogP contribution >= 0.6 is 0 Å². The normalized spacial score (nSPS) is 25.0. The van der Waals surface area contributed by atoms with Gasteiger partial charge >= 0.3 is 5.97 Å². The molecule has 248 valence electrons. The van der Waals surface area contributed by atoms with Gasteiger partial charge < -0.3 is 18.8 Å². The van der Waals surface area contributed by atoms with E-state index in [-0.39, 0.29) is 48.3 Å². The number of likely N-dealkylation sites (tertiary alicyclic amines) is 1. The number of furan rings is 1. The summed E-state index contributed by atoms with van der Waals surface area (Å²) in [6.07, 6.45) is 11.9. The highest BCUT2D eigenvalue weighted by molar-refractivity contribution is 5.94. The van der Waals surface area contributed by atoms with Crippen molar-refractivity contribution < 1.29 is 32.7 Å². The van der Waals surface area contributed by atoms with E-state index in [0.29, 0.717) is 43.8 Å². The minimum atomic E-state index is -0.496. The molecule has 1 amide bonds. The maximum atomic E-state index is 14.2. The fraction of sp³-hybridized carbons (Fsp3) is 0.703. The Morgan fingerprint density at radius 2 is 1.73 bits per heavy atom. The summed E-state index contributed by atoms with van der Waals surface area (Å²) in [6.45, 7) is 5.89. The predicted octanol–water partition coefficient (Wildman–Crippen LogP) is 7.73. The zero-order valence-electron chi connectivity index (χ0n) is 27.3. The largest absolute Gasteiger partial charge is 0.460 e. The molecule has 2 aliphatic carbocycles. The van der Waals surface area contributed by atoms with Crippen LogP contribution in [0.4, 0.5) is 4.39 Å². The van der Waals surface area contributed by atoms with Crippen LogP contribution in [-0.2, 0) is 25.5 Å². The average Bonchev–Trinajstić information content (AvgIpc) is 3.71. The van der Waals surface area contributed by atoms with E-state index in [1.807, 2.05) is 36.9 Å². The number of alkyl halides is 1. The predicted molar refractivity (Wildman–Crippen MR) is 172 cm³/mol. The SMILES string of the molecule is CCOCCCCOC(=O)c1cc2cc(CC(=O)[C@@H]3[C@H](C4CCCCC4)CCN3C(=O)C3CCC([C@H](C)CF)CC3)ccc2o1. The van der Waals surface area contributed by atoms with Gasteiger partial charge in [0, 0.05) is 37.5 Å². The molecule has 0 N–H and O–H groups in total. The Morgan fingerprint density at radius 1 is 0.978 bits per heavy atom. The molecule has 8 heteroatoms. The lowest BCUT2D eigenvalue weighted by Crippen LogP contribution is -2.48. The lowest BCUT2D eigenvalue weighted by Gasteiger charge is -2.37. The topological polar surface area (TPSA) is 86.0 Å². The number of rotatable bonds is 14. The van der Waals surface area contributed by atoms with Gasteiger partial charge in [-0.15, -0.1) is 0 Å². The van der Waals surface area contributed by atoms with Crippen molar-refractivity contribution >= 4 is 28.6 Å². The van der Waals surface area contributed by atoms with E-state index in [1.165, 1.54) is 19.3 Å². The molecule has 0 unspecified atom stereocenters. The average molecular weight is 626 g/mol. The molecule has 1 saturated heterocycles. The van der Waals surface area contributed by atoms with Crippen molar-refractivity contribution in [1.29, 1.82) is 0 Å². The monoisotopic (exact) mass is 625 g/mol. The van der Waals surface area contributed by atoms with Crippen molar-refractivity contribution in [2.75, 3.05) is 33.0 Å². The van der Waals surface area contributed by atoms with Crippen molar-refractivity contribution in [3.63, 3.8) is 0 Å². The van der Waals surface area contributed by atoms with Gasteiger partial charge in [-0.2, -0.15) is 0 Å². The zero-order valence-corrected chi connectivity index (χ0v) is 27.3. The summed E-state index contributed by atoms with van der Waals surface area (Å²) >= 11 is 0. The summed E-state index contributed by atoms with van der Waals surface area (Å²) in [4.78, 5) is 42.6. The molecule has 2 aromatic rings. The molecule has 5 rings (SSSR count). The summed E-state index contributed by atoms with van der Waals surface area (Å²) in [7, 11) is 0. The lowest BCUT2D eigenvalue weighted by molar-refractivity contribution is -0.143. The van der Waals surface area contributed by atoms with E-state index in [4.69, 9.17) is 13.9 Å². The molecule has 3 atom stereocenters. The van der Waals surface area contributed by atoms with Crippen LogP contribution in [0.3, 0.4) is 0 Å². The first-order valence-corrected chi connectivity index (χ1v) is 17.6. The van der Waals surface area contributed by atoms with Crippen molar-refractivity contribution in [2.24, 2.45) is 29.6 Å². The molecule has 0 spiro atoms. The zero-order chi connectivity index (χ0) is 31.8. The Bertz CT molecular complexity index is 1280. The first-order valence-electron chi connectivity index (χ1n) is 17.6. The first-order chi connectivity index (χ1) is 21.9. The lowest BCUT2D eigenvalue weighted by atomic mass is 9.74. The number of hydrogen-bond acceptors (Lipinski definition) is 6. The third-order valence-corrected chi connectivity index (χ3v) is 10.8. The number of nitrogens with zero attached hydrogens (tertiary/aromatic N) is 1. The van der Waals surface area contributed by atoms with Crippen LogP contribution in [0.25, 0.3) is 11.0 Å². The van der Waals surface area contributed by atoms with Gasteiger partial charge in [-0.05, 0) is 99.3 Å². The molecule has 3 aliphatic rings. The van der Waals surface area contributed by atoms with Gasteiger partial charge in [0.05, 0.1) is 19.3 Å². The molecule has 2 heterocycles. The van der Waals surface area contributed by atoms with Crippen LogP contribution in [0.15, 0.2) is 28.7 Å². The van der Waals surface area contributed by atoms with Gasteiger partial charge in [-0.1, -0.05) is 45.1 Å². The van der Waals surface area contributed by atoms with Gasteiger partial charge in [-0.25, -0.2) is 4.79 Å². The van der Waals surface area contributed by atoms with Gasteiger partial charge in [0.25, 0.3) is 0 Å². The van der Waals surface area contributed by atoms with Gasteiger partial charge in [0.2, 0.25) is 11.7 Å². The Labute approximate surface area is 267 Å². The summed E-state index contributed by atoms with van der Waals surface area (Å²) in [5.41, 5.74) is 1.43. The maximum Gasteiger partial charge on any atom is 0.374 e. The van der Waals surface area contributed by atoms with Gasteiger partial charge in [0.15, 0.2) is 5.78 Å². The van der Waals surface area contributed by atoms with Gasteiger partial charge in [-0.3, -0.25) is 14.0 Å². The van der Waals surface area contributed by atoms with Crippen molar-refractivity contribution in [2.45, 2.75) is 103 Å². The van der Waals surface area contributed by atoms with Crippen molar-refractivity contribution in [1.82, 2.24) is 4.90 Å². The summed E-state index contributed by atoms with van der Waals surface area (Å²) < 4.78 is 29.7. The number of carbonyl (C=O) groups excluding carboxylic acids is 3. The standard InChI is InChI=1S/C37H52FNO6/c1-3-43-19-7-8-20-44-37(42)34-23-30-21-26(11-16-33(30)45-34)22-32(40)35-31(28-9-5-4-6-10-28)17-18-39(35)36(41)29-14-12-27(13-15-29)25(2)24-38/h11,16,21,23,25,27-29,31,35H,3-10,12-15,17-20,22,24H2,1-2H3/t25-,27?,29?,31+,35+/m1/s1. The molecule has 45 heavy (non-hydrogen) atoms. The van der Waals surface area contributed by atoms with Crippen LogP contribution < -0.4 is 0 Å². The first kappa shape index (κ1) is 33.6. The Hall–Kier alpha value is -2.74. The number of ether oxygens (including phenoxy) is 2. The van der Waals surface area contributed by atoms with E-state index >= 15 is 0 Å². The van der Waals surface area contributed by atoms with E-state index in [9.17, 15) is 18.8 Å².